The molecular weight excluding hydrogens is 246 g/mol. The van der Waals surface area contributed by atoms with Gasteiger partial charge in [0.15, 0.2) is 0 Å². The van der Waals surface area contributed by atoms with E-state index in [2.05, 4.69) is 22.0 Å². The van der Waals surface area contributed by atoms with Crippen molar-refractivity contribution < 1.29 is 0 Å². The zero-order valence-corrected chi connectivity index (χ0v) is 11.1. The molecule has 0 fully saturated rings. The molecule has 0 aliphatic heterocycles. The van der Waals surface area contributed by atoms with Crippen LogP contribution in [0.4, 0.5) is 0 Å². The molecular formula is C17H15N3. The first kappa shape index (κ1) is 13.6. The summed E-state index contributed by atoms with van der Waals surface area (Å²) in [5, 5.41) is 11.1. The van der Waals surface area contributed by atoms with Gasteiger partial charge in [-0.15, -0.1) is 10.2 Å². The van der Waals surface area contributed by atoms with Gasteiger partial charge in [-0.1, -0.05) is 73.3 Å². The summed E-state index contributed by atoms with van der Waals surface area (Å²) in [7, 11) is 0. The third kappa shape index (κ3) is 4.14. The fourth-order valence-corrected chi connectivity index (χ4v) is 1.59. The molecule has 1 heterocycles. The van der Waals surface area contributed by atoms with Crippen molar-refractivity contribution in [2.24, 2.45) is 0 Å². The summed E-state index contributed by atoms with van der Waals surface area (Å²) in [6.45, 7) is 3.63. The highest BCUT2D eigenvalue weighted by molar-refractivity contribution is 5.57. The SMILES string of the molecule is C=Cc1ccccc1.c1ccc(-c2ccnnn2)cc1. The van der Waals surface area contributed by atoms with Crippen LogP contribution in [0.25, 0.3) is 17.3 Å². The van der Waals surface area contributed by atoms with Gasteiger partial charge in [0, 0.05) is 5.56 Å². The molecule has 3 heteroatoms. The second-order valence-corrected chi connectivity index (χ2v) is 3.99. The van der Waals surface area contributed by atoms with Gasteiger partial charge in [-0.25, -0.2) is 0 Å². The van der Waals surface area contributed by atoms with Gasteiger partial charge in [-0.05, 0) is 16.8 Å². The topological polar surface area (TPSA) is 38.7 Å². The lowest BCUT2D eigenvalue weighted by molar-refractivity contribution is 0.870. The quantitative estimate of drug-likeness (QED) is 0.703. The van der Waals surface area contributed by atoms with Gasteiger partial charge in [-0.2, -0.15) is 0 Å². The van der Waals surface area contributed by atoms with E-state index in [1.165, 1.54) is 5.56 Å². The fourth-order valence-electron chi connectivity index (χ4n) is 1.59. The highest BCUT2D eigenvalue weighted by atomic mass is 15.3. The van der Waals surface area contributed by atoms with E-state index in [1.807, 2.05) is 72.8 Å². The zero-order chi connectivity index (χ0) is 14.0. The summed E-state index contributed by atoms with van der Waals surface area (Å²) in [4.78, 5) is 0. The van der Waals surface area contributed by atoms with Gasteiger partial charge < -0.3 is 0 Å². The maximum absolute atomic E-state index is 3.89. The van der Waals surface area contributed by atoms with Crippen LogP contribution in [0.3, 0.4) is 0 Å². The second kappa shape index (κ2) is 7.59. The third-order valence-electron chi connectivity index (χ3n) is 2.61. The van der Waals surface area contributed by atoms with Crippen LogP contribution in [-0.4, -0.2) is 15.4 Å². The molecule has 0 unspecified atom stereocenters. The highest BCUT2D eigenvalue weighted by Crippen LogP contribution is 2.13. The number of hydrogen-bond acceptors (Lipinski definition) is 3. The van der Waals surface area contributed by atoms with E-state index in [0.29, 0.717) is 0 Å². The van der Waals surface area contributed by atoms with Crippen molar-refractivity contribution in [3.8, 4) is 11.3 Å². The molecule has 20 heavy (non-hydrogen) atoms. The van der Waals surface area contributed by atoms with Gasteiger partial charge in [0.1, 0.15) is 0 Å². The lowest BCUT2D eigenvalue weighted by Crippen LogP contribution is -1.88. The highest BCUT2D eigenvalue weighted by Gasteiger charge is 1.95. The summed E-state index contributed by atoms with van der Waals surface area (Å²) in [5.74, 6) is 0. The largest absolute Gasteiger partial charge is 0.139 e. The van der Waals surface area contributed by atoms with Crippen molar-refractivity contribution >= 4 is 6.08 Å². The standard InChI is InChI=1S/C9H7N3.C8H8/c1-2-4-8(5-3-1)9-6-7-10-12-11-9;1-2-8-6-4-3-5-7-8/h1-7H;2-7H,1H2. The smallest absolute Gasteiger partial charge is 0.0963 e. The molecule has 0 amide bonds. The van der Waals surface area contributed by atoms with E-state index in [-0.39, 0.29) is 0 Å². The average Bonchev–Trinajstić information content (AvgIpc) is 2.58. The fraction of sp³-hybridized carbons (Fsp3) is 0. The summed E-state index contributed by atoms with van der Waals surface area (Å²) < 4.78 is 0. The maximum Gasteiger partial charge on any atom is 0.0963 e. The number of hydrogen-bond donors (Lipinski definition) is 0. The number of nitrogens with zero attached hydrogens (tertiary/aromatic N) is 3. The van der Waals surface area contributed by atoms with E-state index in [9.17, 15) is 0 Å². The van der Waals surface area contributed by atoms with Crippen molar-refractivity contribution in [3.63, 3.8) is 0 Å². The Bertz CT molecular complexity index is 585. The van der Waals surface area contributed by atoms with Crippen LogP contribution in [-0.2, 0) is 0 Å². The van der Waals surface area contributed by atoms with Crippen LogP contribution >= 0.6 is 0 Å². The third-order valence-corrected chi connectivity index (χ3v) is 2.61. The van der Waals surface area contributed by atoms with Crippen molar-refractivity contribution in [2.45, 2.75) is 0 Å². The number of aromatic nitrogens is 3. The number of rotatable bonds is 2. The van der Waals surface area contributed by atoms with Crippen molar-refractivity contribution in [1.29, 1.82) is 0 Å². The molecule has 98 valence electrons. The Morgan fingerprint density at radius 3 is 1.95 bits per heavy atom. The summed E-state index contributed by atoms with van der Waals surface area (Å²) in [5.41, 5.74) is 3.09. The minimum absolute atomic E-state index is 0.852. The molecule has 0 bridgehead atoms. The first-order chi connectivity index (χ1) is 9.90. The molecule has 3 rings (SSSR count). The van der Waals surface area contributed by atoms with E-state index in [4.69, 9.17) is 0 Å². The van der Waals surface area contributed by atoms with Gasteiger partial charge in [0.05, 0.1) is 11.9 Å². The zero-order valence-electron chi connectivity index (χ0n) is 11.1. The molecule has 0 N–H and O–H groups in total. The van der Waals surface area contributed by atoms with Crippen LogP contribution in [0, 0.1) is 0 Å². The lowest BCUT2D eigenvalue weighted by Gasteiger charge is -1.95. The Morgan fingerprint density at radius 2 is 1.45 bits per heavy atom. The maximum atomic E-state index is 3.89. The van der Waals surface area contributed by atoms with E-state index in [0.717, 1.165) is 11.3 Å². The Hall–Kier alpha value is -2.81. The number of benzene rings is 2. The Kier molecular flexibility index (Phi) is 5.17. The second-order valence-electron chi connectivity index (χ2n) is 3.99. The van der Waals surface area contributed by atoms with E-state index >= 15 is 0 Å². The van der Waals surface area contributed by atoms with Crippen LogP contribution in [0.2, 0.25) is 0 Å². The molecule has 3 aromatic rings. The van der Waals surface area contributed by atoms with E-state index < -0.39 is 0 Å². The molecule has 0 spiro atoms. The minimum atomic E-state index is 0.852. The van der Waals surface area contributed by atoms with Gasteiger partial charge in [-0.3, -0.25) is 0 Å². The average molecular weight is 261 g/mol. The predicted molar refractivity (Wildman–Crippen MR) is 81.8 cm³/mol. The predicted octanol–water partition coefficient (Wildman–Crippen LogP) is 3.87. The van der Waals surface area contributed by atoms with Crippen molar-refractivity contribution in [3.05, 3.63) is 85.1 Å². The lowest BCUT2D eigenvalue weighted by atomic mass is 10.2. The molecule has 3 nitrogen and oxygen atoms in total. The Morgan fingerprint density at radius 1 is 0.800 bits per heavy atom. The van der Waals surface area contributed by atoms with Gasteiger partial charge in [0.2, 0.25) is 0 Å². The molecule has 0 aliphatic rings. The Balaban J connectivity index is 0.000000160. The molecule has 0 atom stereocenters. The normalized spacial score (nSPS) is 9.20. The first-order valence-corrected chi connectivity index (χ1v) is 6.27. The molecule has 0 radical (unpaired) electrons. The summed E-state index contributed by atoms with van der Waals surface area (Å²) >= 11 is 0. The molecule has 2 aromatic carbocycles. The van der Waals surface area contributed by atoms with Gasteiger partial charge in [0.25, 0.3) is 0 Å². The summed E-state index contributed by atoms with van der Waals surface area (Å²) in [6.07, 6.45) is 3.47. The summed E-state index contributed by atoms with van der Waals surface area (Å²) in [6, 6.07) is 21.8. The van der Waals surface area contributed by atoms with Crippen LogP contribution in [0.15, 0.2) is 79.5 Å². The first-order valence-electron chi connectivity index (χ1n) is 6.27. The van der Waals surface area contributed by atoms with Crippen molar-refractivity contribution in [2.75, 3.05) is 0 Å². The van der Waals surface area contributed by atoms with Crippen LogP contribution < -0.4 is 0 Å². The monoisotopic (exact) mass is 261 g/mol. The van der Waals surface area contributed by atoms with Gasteiger partial charge >= 0.3 is 0 Å². The molecule has 0 saturated carbocycles. The Labute approximate surface area is 118 Å². The molecule has 1 aromatic heterocycles. The molecule has 0 aliphatic carbocycles. The van der Waals surface area contributed by atoms with Crippen LogP contribution in [0.5, 0.6) is 0 Å². The van der Waals surface area contributed by atoms with Crippen LogP contribution in [0.1, 0.15) is 5.56 Å². The molecule has 0 saturated heterocycles. The minimum Gasteiger partial charge on any atom is -0.139 e. The van der Waals surface area contributed by atoms with E-state index in [1.54, 1.807) is 6.20 Å². The van der Waals surface area contributed by atoms with Crippen molar-refractivity contribution in [1.82, 2.24) is 15.4 Å².